The number of para-hydroxylation sites is 2. The SMILES string of the molecule is Cc1cc2nc(-c3ccc(N(c4ccccc4)c4ccc(-c5ccccc5)cc4)cc3)c(-c3ccc(N(c4ccccc4)c4ccc(-c5ccccc5)cc4)cc3)nc2cc1C. The Balaban J connectivity index is 1.03. The highest BCUT2D eigenvalue weighted by atomic mass is 15.1. The highest BCUT2D eigenvalue weighted by Crippen LogP contribution is 2.40. The average molecular weight is 797 g/mol. The van der Waals surface area contributed by atoms with Crippen LogP contribution in [0.5, 0.6) is 0 Å². The fourth-order valence-corrected chi connectivity index (χ4v) is 8.17. The topological polar surface area (TPSA) is 32.3 Å². The van der Waals surface area contributed by atoms with Crippen LogP contribution < -0.4 is 9.80 Å². The van der Waals surface area contributed by atoms with Crippen molar-refractivity contribution in [3.8, 4) is 44.8 Å². The van der Waals surface area contributed by atoms with Crippen LogP contribution in [0.25, 0.3) is 55.8 Å². The summed E-state index contributed by atoms with van der Waals surface area (Å²) < 4.78 is 0. The molecule has 1 heterocycles. The van der Waals surface area contributed by atoms with E-state index in [1.165, 1.54) is 33.4 Å². The van der Waals surface area contributed by atoms with Gasteiger partial charge in [0.15, 0.2) is 0 Å². The zero-order chi connectivity index (χ0) is 41.8. The van der Waals surface area contributed by atoms with Crippen molar-refractivity contribution >= 4 is 45.2 Å². The summed E-state index contributed by atoms with van der Waals surface area (Å²) in [5.74, 6) is 0. The minimum Gasteiger partial charge on any atom is -0.311 e. The Bertz CT molecular complexity index is 2860. The lowest BCUT2D eigenvalue weighted by atomic mass is 10.0. The summed E-state index contributed by atoms with van der Waals surface area (Å²) in [4.78, 5) is 15.3. The van der Waals surface area contributed by atoms with E-state index in [-0.39, 0.29) is 0 Å². The van der Waals surface area contributed by atoms with Crippen LogP contribution in [-0.2, 0) is 0 Å². The second-order valence-electron chi connectivity index (χ2n) is 15.6. The number of benzene rings is 9. The lowest BCUT2D eigenvalue weighted by Gasteiger charge is -2.26. The molecule has 0 spiro atoms. The third-order valence-electron chi connectivity index (χ3n) is 11.6. The average Bonchev–Trinajstić information content (AvgIpc) is 3.34. The molecule has 0 unspecified atom stereocenters. The van der Waals surface area contributed by atoms with Gasteiger partial charge in [-0.25, -0.2) is 9.97 Å². The van der Waals surface area contributed by atoms with Crippen LogP contribution in [0.3, 0.4) is 0 Å². The Morgan fingerprint density at radius 1 is 0.258 bits per heavy atom. The van der Waals surface area contributed by atoms with Crippen molar-refractivity contribution < 1.29 is 0 Å². The summed E-state index contributed by atoms with van der Waals surface area (Å²) in [6.07, 6.45) is 0. The Morgan fingerprint density at radius 2 is 0.500 bits per heavy atom. The van der Waals surface area contributed by atoms with E-state index in [1.807, 2.05) is 0 Å². The van der Waals surface area contributed by atoms with Crippen molar-refractivity contribution in [2.75, 3.05) is 9.80 Å². The fraction of sp³-hybridized carbons (Fsp3) is 0.0345. The van der Waals surface area contributed by atoms with Gasteiger partial charge in [-0.15, -0.1) is 0 Å². The molecule has 0 radical (unpaired) electrons. The number of aryl methyl sites for hydroxylation is 2. The van der Waals surface area contributed by atoms with E-state index >= 15 is 0 Å². The lowest BCUT2D eigenvalue weighted by molar-refractivity contribution is 1.25. The van der Waals surface area contributed by atoms with Crippen molar-refractivity contribution in [2.45, 2.75) is 13.8 Å². The second kappa shape index (κ2) is 16.9. The van der Waals surface area contributed by atoms with E-state index in [2.05, 4.69) is 254 Å². The number of aromatic nitrogens is 2. The number of hydrogen-bond donors (Lipinski definition) is 0. The molecule has 10 aromatic rings. The van der Waals surface area contributed by atoms with Crippen LogP contribution in [-0.4, -0.2) is 9.97 Å². The molecule has 0 saturated heterocycles. The van der Waals surface area contributed by atoms with Crippen LogP contribution in [0.2, 0.25) is 0 Å². The number of anilines is 6. The van der Waals surface area contributed by atoms with Crippen LogP contribution in [0.4, 0.5) is 34.1 Å². The largest absolute Gasteiger partial charge is 0.311 e. The van der Waals surface area contributed by atoms with Gasteiger partial charge in [0.1, 0.15) is 0 Å². The molecule has 0 amide bonds. The molecule has 10 rings (SSSR count). The Kier molecular flexibility index (Phi) is 10.4. The van der Waals surface area contributed by atoms with Gasteiger partial charge in [-0.05, 0) is 132 Å². The summed E-state index contributed by atoms with van der Waals surface area (Å²) in [6.45, 7) is 4.27. The molecule has 296 valence electrons. The van der Waals surface area contributed by atoms with Gasteiger partial charge in [-0.1, -0.05) is 146 Å². The normalized spacial score (nSPS) is 11.1. The number of fused-ring (bicyclic) bond motifs is 1. The predicted molar refractivity (Wildman–Crippen MR) is 260 cm³/mol. The maximum absolute atomic E-state index is 5.35. The summed E-state index contributed by atoms with van der Waals surface area (Å²) in [7, 11) is 0. The lowest BCUT2D eigenvalue weighted by Crippen LogP contribution is -2.10. The van der Waals surface area contributed by atoms with Crippen molar-refractivity contribution in [1.29, 1.82) is 0 Å². The molecule has 0 aliphatic carbocycles. The smallest absolute Gasteiger partial charge is 0.0973 e. The Morgan fingerprint density at radius 3 is 0.806 bits per heavy atom. The van der Waals surface area contributed by atoms with Crippen molar-refractivity contribution in [2.24, 2.45) is 0 Å². The van der Waals surface area contributed by atoms with Gasteiger partial charge < -0.3 is 9.80 Å². The van der Waals surface area contributed by atoms with E-state index in [4.69, 9.17) is 9.97 Å². The van der Waals surface area contributed by atoms with Gasteiger partial charge in [-0.2, -0.15) is 0 Å². The number of rotatable bonds is 10. The van der Waals surface area contributed by atoms with E-state index in [9.17, 15) is 0 Å². The minimum absolute atomic E-state index is 0.843. The van der Waals surface area contributed by atoms with Gasteiger partial charge in [0.2, 0.25) is 0 Å². The first kappa shape index (κ1) is 38.1. The second-order valence-corrected chi connectivity index (χ2v) is 15.6. The summed E-state index contributed by atoms with van der Waals surface area (Å²) in [5, 5.41) is 0. The first-order valence-electron chi connectivity index (χ1n) is 21.1. The molecular formula is C58H44N4. The van der Waals surface area contributed by atoms with Gasteiger partial charge in [0.05, 0.1) is 22.4 Å². The van der Waals surface area contributed by atoms with Gasteiger partial charge in [0.25, 0.3) is 0 Å². The van der Waals surface area contributed by atoms with Gasteiger partial charge >= 0.3 is 0 Å². The molecule has 0 saturated carbocycles. The molecule has 0 fully saturated rings. The summed E-state index contributed by atoms with van der Waals surface area (Å²) in [6, 6.07) is 81.4. The minimum atomic E-state index is 0.843. The number of hydrogen-bond acceptors (Lipinski definition) is 4. The monoisotopic (exact) mass is 796 g/mol. The molecule has 9 aromatic carbocycles. The standard InChI is InChI=1S/C58H44N4/c1-41-39-55-56(40-42(41)2)60-58(48-29-37-54(38-30-48)62(50-21-13-6-14-22-50)52-33-25-46(26-34-52)44-17-9-4-10-18-44)57(59-55)47-27-35-53(36-28-47)61(49-19-11-5-12-20-49)51-31-23-45(24-32-51)43-15-7-3-8-16-43/h3-40H,1-2H3. The fourth-order valence-electron chi connectivity index (χ4n) is 8.17. The van der Waals surface area contributed by atoms with Crippen LogP contribution >= 0.6 is 0 Å². The summed E-state index contributed by atoms with van der Waals surface area (Å²) in [5.41, 5.74) is 19.0. The van der Waals surface area contributed by atoms with E-state index in [0.29, 0.717) is 0 Å². The third-order valence-corrected chi connectivity index (χ3v) is 11.6. The van der Waals surface area contributed by atoms with E-state index < -0.39 is 0 Å². The van der Waals surface area contributed by atoms with Gasteiger partial charge in [0, 0.05) is 45.3 Å². The van der Waals surface area contributed by atoms with Gasteiger partial charge in [-0.3, -0.25) is 0 Å². The Hall–Kier alpha value is -8.08. The first-order chi connectivity index (χ1) is 30.6. The maximum Gasteiger partial charge on any atom is 0.0973 e. The third kappa shape index (κ3) is 7.74. The van der Waals surface area contributed by atoms with Crippen molar-refractivity contribution in [1.82, 2.24) is 9.97 Å². The molecule has 0 aliphatic rings. The molecule has 0 aliphatic heterocycles. The molecule has 0 bridgehead atoms. The van der Waals surface area contributed by atoms with Crippen LogP contribution in [0.15, 0.2) is 231 Å². The molecular weight excluding hydrogens is 753 g/mol. The van der Waals surface area contributed by atoms with Crippen molar-refractivity contribution in [3.05, 3.63) is 242 Å². The number of nitrogens with zero attached hydrogens (tertiary/aromatic N) is 4. The van der Waals surface area contributed by atoms with E-state index in [1.54, 1.807) is 0 Å². The zero-order valence-corrected chi connectivity index (χ0v) is 34.7. The molecule has 0 atom stereocenters. The predicted octanol–water partition coefficient (Wildman–Crippen LogP) is 15.9. The molecule has 4 heteroatoms. The molecule has 62 heavy (non-hydrogen) atoms. The van der Waals surface area contributed by atoms with Crippen molar-refractivity contribution in [3.63, 3.8) is 0 Å². The molecule has 1 aromatic heterocycles. The van der Waals surface area contributed by atoms with E-state index in [0.717, 1.165) is 67.7 Å². The zero-order valence-electron chi connectivity index (χ0n) is 34.7. The molecule has 0 N–H and O–H groups in total. The van der Waals surface area contributed by atoms with Crippen LogP contribution in [0.1, 0.15) is 11.1 Å². The molecule has 4 nitrogen and oxygen atoms in total. The highest BCUT2D eigenvalue weighted by molar-refractivity contribution is 5.89. The highest BCUT2D eigenvalue weighted by Gasteiger charge is 2.19. The first-order valence-corrected chi connectivity index (χ1v) is 21.1. The Labute approximate surface area is 363 Å². The quantitative estimate of drug-likeness (QED) is 0.138. The summed E-state index contributed by atoms with van der Waals surface area (Å²) >= 11 is 0. The van der Waals surface area contributed by atoms with Crippen LogP contribution in [0, 0.1) is 13.8 Å². The maximum atomic E-state index is 5.35.